The molecule has 0 aliphatic heterocycles. The van der Waals surface area contributed by atoms with Crippen molar-refractivity contribution in [3.8, 4) is 5.75 Å². The number of ether oxygens (including phenoxy) is 1. The van der Waals surface area contributed by atoms with Crippen LogP contribution in [-0.2, 0) is 0 Å². The average Bonchev–Trinajstić information content (AvgIpc) is 2.81. The minimum absolute atomic E-state index is 0.0348. The maximum atomic E-state index is 13.7. The van der Waals surface area contributed by atoms with Crippen molar-refractivity contribution in [3.63, 3.8) is 0 Å². The summed E-state index contributed by atoms with van der Waals surface area (Å²) < 4.78 is 32.2. The quantitative estimate of drug-likeness (QED) is 0.882. The van der Waals surface area contributed by atoms with Crippen molar-refractivity contribution < 1.29 is 18.6 Å². The number of halogens is 2. The molecule has 0 bridgehead atoms. The lowest BCUT2D eigenvalue weighted by molar-refractivity contribution is 0.103. The van der Waals surface area contributed by atoms with Crippen molar-refractivity contribution in [3.05, 3.63) is 29.3 Å². The Kier molecular flexibility index (Phi) is 3.62. The summed E-state index contributed by atoms with van der Waals surface area (Å²) in [5.41, 5.74) is -0.224. The summed E-state index contributed by atoms with van der Waals surface area (Å²) in [6.45, 7) is 0. The van der Waals surface area contributed by atoms with Gasteiger partial charge in [0.1, 0.15) is 17.4 Å². The lowest BCUT2D eigenvalue weighted by Crippen LogP contribution is -2.13. The van der Waals surface area contributed by atoms with E-state index in [2.05, 4.69) is 0 Å². The Morgan fingerprint density at radius 2 is 1.76 bits per heavy atom. The fraction of sp³-hybridized carbons (Fsp3) is 0.538. The minimum atomic E-state index is -1.05. The van der Waals surface area contributed by atoms with E-state index in [1.54, 1.807) is 0 Å². The second-order valence-electron chi connectivity index (χ2n) is 4.49. The van der Waals surface area contributed by atoms with Gasteiger partial charge in [0, 0.05) is 12.1 Å². The van der Waals surface area contributed by atoms with Gasteiger partial charge < -0.3 is 9.84 Å². The molecule has 1 aromatic carbocycles. The molecule has 1 N–H and O–H groups in total. The maximum Gasteiger partial charge on any atom is 0.135 e. The predicted octanol–water partition coefficient (Wildman–Crippen LogP) is 3.20. The molecule has 0 amide bonds. The first-order valence-electron chi connectivity index (χ1n) is 5.84. The topological polar surface area (TPSA) is 29.5 Å². The van der Waals surface area contributed by atoms with E-state index >= 15 is 0 Å². The molecule has 94 valence electrons. The van der Waals surface area contributed by atoms with E-state index in [9.17, 15) is 13.9 Å². The maximum absolute atomic E-state index is 13.7. The summed E-state index contributed by atoms with van der Waals surface area (Å²) >= 11 is 0. The Morgan fingerprint density at radius 1 is 1.24 bits per heavy atom. The molecule has 1 atom stereocenters. The van der Waals surface area contributed by atoms with Crippen molar-refractivity contribution >= 4 is 0 Å². The molecular weight excluding hydrogens is 226 g/mol. The third-order valence-electron chi connectivity index (χ3n) is 3.43. The van der Waals surface area contributed by atoms with Crippen LogP contribution in [0.4, 0.5) is 8.78 Å². The largest absolute Gasteiger partial charge is 0.497 e. The van der Waals surface area contributed by atoms with Crippen LogP contribution >= 0.6 is 0 Å². The zero-order valence-corrected chi connectivity index (χ0v) is 9.75. The van der Waals surface area contributed by atoms with Gasteiger partial charge in [-0.15, -0.1) is 0 Å². The van der Waals surface area contributed by atoms with Crippen LogP contribution in [0.15, 0.2) is 12.1 Å². The normalized spacial score (nSPS) is 18.4. The van der Waals surface area contributed by atoms with Crippen LogP contribution in [0.25, 0.3) is 0 Å². The highest BCUT2D eigenvalue weighted by Gasteiger charge is 2.29. The van der Waals surface area contributed by atoms with Gasteiger partial charge in [0.25, 0.3) is 0 Å². The summed E-state index contributed by atoms with van der Waals surface area (Å²) in [6.07, 6.45) is 2.63. The molecule has 1 fully saturated rings. The number of rotatable bonds is 3. The number of hydrogen-bond donors (Lipinski definition) is 1. The van der Waals surface area contributed by atoms with Crippen molar-refractivity contribution in [2.24, 2.45) is 5.92 Å². The molecule has 1 aliphatic rings. The first kappa shape index (κ1) is 12.3. The Hall–Kier alpha value is -1.16. The standard InChI is InChI=1S/C13H16F2O2/c1-17-9-6-10(14)12(11(15)7-9)13(16)8-4-2-3-5-8/h6-8,13,16H,2-5H2,1H3. The molecule has 4 heteroatoms. The second kappa shape index (κ2) is 5.00. The first-order chi connectivity index (χ1) is 8.13. The van der Waals surface area contributed by atoms with Gasteiger partial charge in [0.15, 0.2) is 0 Å². The molecular formula is C13H16F2O2. The fourth-order valence-corrected chi connectivity index (χ4v) is 2.47. The van der Waals surface area contributed by atoms with Crippen LogP contribution in [0.1, 0.15) is 37.4 Å². The molecule has 1 aliphatic carbocycles. The molecule has 0 saturated heterocycles. The molecule has 0 aromatic heterocycles. The fourth-order valence-electron chi connectivity index (χ4n) is 2.47. The van der Waals surface area contributed by atoms with Gasteiger partial charge in [-0.3, -0.25) is 0 Å². The van der Waals surface area contributed by atoms with E-state index in [4.69, 9.17) is 4.74 Å². The molecule has 1 unspecified atom stereocenters. The Labute approximate surface area is 99.2 Å². The van der Waals surface area contributed by atoms with E-state index < -0.39 is 17.7 Å². The van der Waals surface area contributed by atoms with Gasteiger partial charge in [0.2, 0.25) is 0 Å². The molecule has 2 rings (SSSR count). The van der Waals surface area contributed by atoms with Crippen LogP contribution in [0.3, 0.4) is 0 Å². The summed E-state index contributed by atoms with van der Waals surface area (Å²) in [6, 6.07) is 2.22. The summed E-state index contributed by atoms with van der Waals surface area (Å²) in [7, 11) is 1.35. The third-order valence-corrected chi connectivity index (χ3v) is 3.43. The third kappa shape index (κ3) is 2.41. The van der Waals surface area contributed by atoms with Crippen LogP contribution in [0.5, 0.6) is 5.75 Å². The van der Waals surface area contributed by atoms with Gasteiger partial charge in [0.05, 0.1) is 18.8 Å². The van der Waals surface area contributed by atoms with Gasteiger partial charge >= 0.3 is 0 Å². The number of benzene rings is 1. The van der Waals surface area contributed by atoms with Gasteiger partial charge in [-0.05, 0) is 18.8 Å². The number of methoxy groups -OCH3 is 1. The summed E-state index contributed by atoms with van der Waals surface area (Å²) in [5, 5.41) is 10.0. The van der Waals surface area contributed by atoms with Crippen LogP contribution in [0, 0.1) is 17.6 Å². The van der Waals surface area contributed by atoms with Gasteiger partial charge in [-0.2, -0.15) is 0 Å². The second-order valence-corrected chi connectivity index (χ2v) is 4.49. The zero-order chi connectivity index (χ0) is 12.4. The summed E-state index contributed by atoms with van der Waals surface area (Å²) in [4.78, 5) is 0. The highest BCUT2D eigenvalue weighted by Crippen LogP contribution is 2.38. The average molecular weight is 242 g/mol. The predicted molar refractivity (Wildman–Crippen MR) is 59.8 cm³/mol. The van der Waals surface area contributed by atoms with Crippen molar-refractivity contribution in [2.45, 2.75) is 31.8 Å². The van der Waals surface area contributed by atoms with Crippen LogP contribution in [0.2, 0.25) is 0 Å². The Morgan fingerprint density at radius 3 is 2.24 bits per heavy atom. The Balaban J connectivity index is 2.30. The Bertz CT molecular complexity index is 377. The van der Waals surface area contributed by atoms with E-state index in [-0.39, 0.29) is 17.2 Å². The zero-order valence-electron chi connectivity index (χ0n) is 9.75. The van der Waals surface area contributed by atoms with Gasteiger partial charge in [-0.25, -0.2) is 8.78 Å². The molecule has 0 spiro atoms. The van der Waals surface area contributed by atoms with Crippen molar-refractivity contribution in [1.82, 2.24) is 0 Å². The first-order valence-corrected chi connectivity index (χ1v) is 5.84. The molecule has 1 saturated carbocycles. The highest BCUT2D eigenvalue weighted by atomic mass is 19.1. The molecule has 2 nitrogen and oxygen atoms in total. The molecule has 17 heavy (non-hydrogen) atoms. The number of aliphatic hydroxyl groups is 1. The smallest absolute Gasteiger partial charge is 0.135 e. The SMILES string of the molecule is COc1cc(F)c(C(O)C2CCCC2)c(F)c1. The molecule has 0 heterocycles. The number of aliphatic hydroxyl groups excluding tert-OH is 1. The molecule has 1 aromatic rings. The minimum Gasteiger partial charge on any atom is -0.497 e. The van der Waals surface area contributed by atoms with E-state index in [0.717, 1.165) is 37.8 Å². The lowest BCUT2D eigenvalue weighted by Gasteiger charge is -2.19. The van der Waals surface area contributed by atoms with Crippen molar-refractivity contribution in [2.75, 3.05) is 7.11 Å². The molecule has 0 radical (unpaired) electrons. The van der Waals surface area contributed by atoms with Crippen LogP contribution < -0.4 is 4.74 Å². The van der Waals surface area contributed by atoms with Gasteiger partial charge in [-0.1, -0.05) is 12.8 Å². The van der Waals surface area contributed by atoms with E-state index in [1.807, 2.05) is 0 Å². The lowest BCUT2D eigenvalue weighted by atomic mass is 9.93. The number of hydrogen-bond acceptors (Lipinski definition) is 2. The van der Waals surface area contributed by atoms with Crippen molar-refractivity contribution in [1.29, 1.82) is 0 Å². The highest BCUT2D eigenvalue weighted by molar-refractivity contribution is 5.32. The van der Waals surface area contributed by atoms with Crippen LogP contribution in [-0.4, -0.2) is 12.2 Å². The van der Waals surface area contributed by atoms with E-state index in [0.29, 0.717) is 0 Å². The monoisotopic (exact) mass is 242 g/mol. The summed E-state index contributed by atoms with van der Waals surface area (Å²) in [5.74, 6) is -1.38. The van der Waals surface area contributed by atoms with E-state index in [1.165, 1.54) is 7.11 Å².